The van der Waals surface area contributed by atoms with E-state index in [9.17, 15) is 5.11 Å². The highest BCUT2D eigenvalue weighted by Gasteiger charge is 2.07. The maximum absolute atomic E-state index is 9.30. The third-order valence-corrected chi connectivity index (χ3v) is 3.64. The minimum atomic E-state index is -0.0304. The second-order valence-electron chi connectivity index (χ2n) is 4.33. The fourth-order valence-corrected chi connectivity index (χ4v) is 2.42. The van der Waals surface area contributed by atoms with Gasteiger partial charge in [0.05, 0.1) is 24.8 Å². The number of para-hydroxylation sites is 1. The summed E-state index contributed by atoms with van der Waals surface area (Å²) in [5.74, 6) is 1.56. The highest BCUT2D eigenvalue weighted by Crippen LogP contribution is 2.29. The van der Waals surface area contributed by atoms with Crippen molar-refractivity contribution in [2.75, 3.05) is 13.7 Å². The normalized spacial score (nSPS) is 10.3. The molecule has 0 radical (unpaired) electrons. The number of benzene rings is 2. The lowest BCUT2D eigenvalue weighted by Crippen LogP contribution is -2.04. The summed E-state index contributed by atoms with van der Waals surface area (Å²) in [6.07, 6.45) is 0.802. The topological polar surface area (TPSA) is 38.7 Å². The third-order valence-electron chi connectivity index (χ3n) is 3.02. The Balaban J connectivity index is 1.95. The Hall–Kier alpha value is -1.52. The Labute approximate surface area is 127 Å². The van der Waals surface area contributed by atoms with Gasteiger partial charge in [0.2, 0.25) is 0 Å². The van der Waals surface area contributed by atoms with Crippen LogP contribution in [0.4, 0.5) is 0 Å². The molecule has 0 aliphatic heterocycles. The van der Waals surface area contributed by atoms with E-state index < -0.39 is 0 Å². The minimum absolute atomic E-state index is 0.0304. The summed E-state index contributed by atoms with van der Waals surface area (Å²) >= 11 is 3.44. The number of aliphatic hydroxyl groups is 1. The van der Waals surface area contributed by atoms with E-state index in [4.69, 9.17) is 9.47 Å². The number of hydrogen-bond donors (Lipinski definition) is 1. The molecule has 0 saturated heterocycles. The van der Waals surface area contributed by atoms with Crippen LogP contribution in [0.15, 0.2) is 46.9 Å². The summed E-state index contributed by atoms with van der Waals surface area (Å²) in [5.41, 5.74) is 1.97. The van der Waals surface area contributed by atoms with Crippen LogP contribution in [0.5, 0.6) is 11.5 Å². The molecule has 4 heteroatoms. The molecular weight excluding hydrogens is 320 g/mol. The number of methoxy groups -OCH3 is 1. The monoisotopic (exact) mass is 336 g/mol. The van der Waals surface area contributed by atoms with Gasteiger partial charge in [0, 0.05) is 12.0 Å². The van der Waals surface area contributed by atoms with Crippen molar-refractivity contribution in [3.05, 3.63) is 58.1 Å². The van der Waals surface area contributed by atoms with E-state index in [0.717, 1.165) is 22.2 Å². The molecule has 2 aromatic rings. The van der Waals surface area contributed by atoms with Crippen LogP contribution in [0.1, 0.15) is 11.1 Å². The fraction of sp³-hybridized carbons (Fsp3) is 0.250. The first-order valence-corrected chi connectivity index (χ1v) is 7.18. The molecule has 0 saturated carbocycles. The molecule has 0 aliphatic rings. The molecule has 0 heterocycles. The molecule has 3 nitrogen and oxygen atoms in total. The molecule has 0 bridgehead atoms. The number of aliphatic hydroxyl groups excluding tert-OH is 1. The van der Waals surface area contributed by atoms with Gasteiger partial charge in [0.25, 0.3) is 0 Å². The van der Waals surface area contributed by atoms with Gasteiger partial charge in [-0.15, -0.1) is 0 Å². The average Bonchev–Trinajstić information content (AvgIpc) is 2.49. The number of ether oxygens (including phenoxy) is 2. The van der Waals surface area contributed by atoms with Crippen LogP contribution in [0.25, 0.3) is 0 Å². The van der Waals surface area contributed by atoms with Gasteiger partial charge in [-0.05, 0) is 39.7 Å². The lowest BCUT2D eigenvalue weighted by atomic mass is 10.1. The number of rotatable bonds is 6. The smallest absolute Gasteiger partial charge is 0.138 e. The van der Waals surface area contributed by atoms with E-state index in [2.05, 4.69) is 15.9 Å². The van der Waals surface area contributed by atoms with Crippen molar-refractivity contribution < 1.29 is 14.6 Å². The van der Waals surface area contributed by atoms with Crippen molar-refractivity contribution in [2.45, 2.75) is 13.0 Å². The Morgan fingerprint density at radius 1 is 1.10 bits per heavy atom. The average molecular weight is 337 g/mol. The van der Waals surface area contributed by atoms with Crippen LogP contribution in [-0.2, 0) is 13.0 Å². The van der Waals surface area contributed by atoms with Gasteiger partial charge in [-0.1, -0.05) is 24.3 Å². The molecule has 0 aromatic heterocycles. The largest absolute Gasteiger partial charge is 0.497 e. The standard InChI is InChI=1S/C16H17BrO3/c1-19-14-7-5-12(6-8-14)9-10-20-16-13(11-18)3-2-4-15(16)17/h2-8,18H,9-11H2,1H3. The van der Waals surface area contributed by atoms with Crippen LogP contribution in [-0.4, -0.2) is 18.8 Å². The minimum Gasteiger partial charge on any atom is -0.497 e. The third kappa shape index (κ3) is 3.74. The molecule has 106 valence electrons. The van der Waals surface area contributed by atoms with E-state index in [1.807, 2.05) is 42.5 Å². The maximum Gasteiger partial charge on any atom is 0.138 e. The van der Waals surface area contributed by atoms with Crippen molar-refractivity contribution in [1.29, 1.82) is 0 Å². The molecule has 0 spiro atoms. The van der Waals surface area contributed by atoms with E-state index in [0.29, 0.717) is 12.4 Å². The van der Waals surface area contributed by atoms with Gasteiger partial charge in [-0.3, -0.25) is 0 Å². The zero-order chi connectivity index (χ0) is 14.4. The summed E-state index contributed by atoms with van der Waals surface area (Å²) in [6, 6.07) is 13.6. The van der Waals surface area contributed by atoms with Crippen LogP contribution in [0.3, 0.4) is 0 Å². The van der Waals surface area contributed by atoms with Crippen LogP contribution >= 0.6 is 15.9 Å². The van der Waals surface area contributed by atoms with Crippen LogP contribution < -0.4 is 9.47 Å². The van der Waals surface area contributed by atoms with Crippen molar-refractivity contribution in [2.24, 2.45) is 0 Å². The van der Waals surface area contributed by atoms with Gasteiger partial charge in [-0.25, -0.2) is 0 Å². The van der Waals surface area contributed by atoms with Crippen molar-refractivity contribution >= 4 is 15.9 Å². The molecule has 1 N–H and O–H groups in total. The highest BCUT2D eigenvalue weighted by atomic mass is 79.9. The van der Waals surface area contributed by atoms with E-state index in [1.54, 1.807) is 7.11 Å². The quantitative estimate of drug-likeness (QED) is 0.876. The van der Waals surface area contributed by atoms with Gasteiger partial charge in [0.1, 0.15) is 11.5 Å². The first-order chi connectivity index (χ1) is 9.74. The van der Waals surface area contributed by atoms with Crippen molar-refractivity contribution in [3.8, 4) is 11.5 Å². The zero-order valence-corrected chi connectivity index (χ0v) is 12.9. The summed E-state index contributed by atoms with van der Waals surface area (Å²) in [6.45, 7) is 0.527. The summed E-state index contributed by atoms with van der Waals surface area (Å²) in [4.78, 5) is 0. The van der Waals surface area contributed by atoms with Gasteiger partial charge in [0.15, 0.2) is 0 Å². The molecule has 0 fully saturated rings. The molecule has 20 heavy (non-hydrogen) atoms. The Morgan fingerprint density at radius 3 is 2.50 bits per heavy atom. The summed E-state index contributed by atoms with van der Waals surface area (Å²) in [5, 5.41) is 9.30. The number of halogens is 1. The second-order valence-corrected chi connectivity index (χ2v) is 5.19. The number of hydrogen-bond acceptors (Lipinski definition) is 3. The molecule has 2 aromatic carbocycles. The zero-order valence-electron chi connectivity index (χ0n) is 11.3. The second kappa shape index (κ2) is 7.31. The Kier molecular flexibility index (Phi) is 5.44. The predicted molar refractivity (Wildman–Crippen MR) is 82.3 cm³/mol. The van der Waals surface area contributed by atoms with E-state index in [1.165, 1.54) is 5.56 Å². The lowest BCUT2D eigenvalue weighted by molar-refractivity contribution is 0.263. The molecule has 0 unspecified atom stereocenters. The SMILES string of the molecule is COc1ccc(CCOc2c(Br)cccc2CO)cc1. The Morgan fingerprint density at radius 2 is 1.85 bits per heavy atom. The fourth-order valence-electron chi connectivity index (χ4n) is 1.90. The van der Waals surface area contributed by atoms with Crippen molar-refractivity contribution in [3.63, 3.8) is 0 Å². The highest BCUT2D eigenvalue weighted by molar-refractivity contribution is 9.10. The van der Waals surface area contributed by atoms with Gasteiger partial charge in [-0.2, -0.15) is 0 Å². The lowest BCUT2D eigenvalue weighted by Gasteiger charge is -2.12. The van der Waals surface area contributed by atoms with Gasteiger partial charge < -0.3 is 14.6 Å². The Bertz CT molecular complexity index is 552. The molecule has 0 amide bonds. The van der Waals surface area contributed by atoms with E-state index >= 15 is 0 Å². The summed E-state index contributed by atoms with van der Waals surface area (Å²) < 4.78 is 11.8. The summed E-state index contributed by atoms with van der Waals surface area (Å²) in [7, 11) is 1.65. The first kappa shape index (κ1) is 14.9. The van der Waals surface area contributed by atoms with Gasteiger partial charge >= 0.3 is 0 Å². The van der Waals surface area contributed by atoms with Crippen LogP contribution in [0.2, 0.25) is 0 Å². The molecular formula is C16H17BrO3. The van der Waals surface area contributed by atoms with Crippen molar-refractivity contribution in [1.82, 2.24) is 0 Å². The van der Waals surface area contributed by atoms with E-state index in [-0.39, 0.29) is 6.61 Å². The molecule has 2 rings (SSSR count). The maximum atomic E-state index is 9.30. The molecule has 0 atom stereocenters. The molecule has 0 aliphatic carbocycles. The first-order valence-electron chi connectivity index (χ1n) is 6.38. The predicted octanol–water partition coefficient (Wildman–Crippen LogP) is 3.57. The van der Waals surface area contributed by atoms with Crippen LogP contribution in [0, 0.1) is 0 Å².